The van der Waals surface area contributed by atoms with E-state index in [1.165, 1.54) is 5.57 Å². The van der Waals surface area contributed by atoms with Crippen LogP contribution in [-0.4, -0.2) is 45.9 Å². The Balaban J connectivity index is 1.49. The van der Waals surface area contributed by atoms with Crippen LogP contribution in [0.2, 0.25) is 0 Å². The van der Waals surface area contributed by atoms with E-state index in [0.717, 1.165) is 47.2 Å². The van der Waals surface area contributed by atoms with Crippen molar-refractivity contribution in [1.82, 2.24) is 25.2 Å². The lowest BCUT2D eigenvalue weighted by atomic mass is 9.98. The van der Waals surface area contributed by atoms with Crippen molar-refractivity contribution < 1.29 is 4.79 Å². The normalized spacial score (nSPS) is 15.5. The summed E-state index contributed by atoms with van der Waals surface area (Å²) in [5.41, 5.74) is 6.12. The van der Waals surface area contributed by atoms with E-state index >= 15 is 0 Å². The lowest BCUT2D eigenvalue weighted by molar-refractivity contribution is 0.0958. The molecule has 7 heteroatoms. The molecule has 1 aliphatic rings. The van der Waals surface area contributed by atoms with Crippen molar-refractivity contribution in [1.29, 1.82) is 0 Å². The molecule has 0 saturated heterocycles. The van der Waals surface area contributed by atoms with Crippen molar-refractivity contribution in [3.05, 3.63) is 75.5 Å². The molecule has 0 bridgehead atoms. The van der Waals surface area contributed by atoms with E-state index in [4.69, 9.17) is 0 Å². The van der Waals surface area contributed by atoms with Crippen LogP contribution in [0.15, 0.2) is 47.5 Å². The highest BCUT2D eigenvalue weighted by atomic mass is 16.1. The van der Waals surface area contributed by atoms with Crippen molar-refractivity contribution in [2.45, 2.75) is 32.7 Å². The number of aryl methyl sites for hydroxylation is 1. The van der Waals surface area contributed by atoms with Gasteiger partial charge in [-0.15, -0.1) is 0 Å². The average molecular weight is 418 g/mol. The second-order valence-corrected chi connectivity index (χ2v) is 7.84. The highest BCUT2D eigenvalue weighted by Crippen LogP contribution is 2.28. The molecule has 1 atom stereocenters. The molecule has 1 aliphatic heterocycles. The fourth-order valence-corrected chi connectivity index (χ4v) is 3.99. The van der Waals surface area contributed by atoms with Crippen molar-refractivity contribution in [2.75, 3.05) is 20.1 Å². The Morgan fingerprint density at radius 2 is 2.10 bits per heavy atom. The number of rotatable bonds is 5. The summed E-state index contributed by atoms with van der Waals surface area (Å²) < 4.78 is 0. The molecule has 1 amide bonds. The van der Waals surface area contributed by atoms with Gasteiger partial charge in [-0.1, -0.05) is 19.1 Å². The maximum Gasteiger partial charge on any atom is 0.269 e. The fourth-order valence-electron chi connectivity index (χ4n) is 3.99. The van der Waals surface area contributed by atoms with E-state index in [1.807, 2.05) is 31.3 Å². The monoisotopic (exact) mass is 417 g/mol. The zero-order chi connectivity index (χ0) is 22.0. The molecule has 3 aromatic heterocycles. The quantitative estimate of drug-likeness (QED) is 0.666. The maximum atomic E-state index is 12.2. The van der Waals surface area contributed by atoms with Gasteiger partial charge in [-0.2, -0.15) is 0 Å². The number of pyridine rings is 3. The highest BCUT2D eigenvalue weighted by Gasteiger charge is 2.20. The van der Waals surface area contributed by atoms with Gasteiger partial charge in [0, 0.05) is 44.1 Å². The average Bonchev–Trinajstić information content (AvgIpc) is 2.82. The number of fused-ring (bicyclic) bond motifs is 1. The van der Waals surface area contributed by atoms with Crippen LogP contribution < -0.4 is 10.9 Å². The van der Waals surface area contributed by atoms with Crippen LogP contribution in [-0.2, 0) is 6.42 Å². The van der Waals surface area contributed by atoms with Crippen LogP contribution in [0, 0.1) is 0 Å². The van der Waals surface area contributed by atoms with E-state index in [0.29, 0.717) is 12.1 Å². The lowest BCUT2D eigenvalue weighted by Crippen LogP contribution is -2.31. The first-order chi connectivity index (χ1) is 15.0. The predicted octanol–water partition coefficient (Wildman–Crippen LogP) is 3.09. The summed E-state index contributed by atoms with van der Waals surface area (Å²) in [5, 5.41) is 2.59. The van der Waals surface area contributed by atoms with Crippen LogP contribution in [0.1, 0.15) is 53.5 Å². The molecule has 0 radical (unpaired) electrons. The molecule has 1 unspecified atom stereocenters. The first kappa shape index (κ1) is 20.9. The fraction of sp³-hybridized carbons (Fsp3) is 0.333. The molecule has 0 saturated carbocycles. The van der Waals surface area contributed by atoms with Gasteiger partial charge in [0.2, 0.25) is 0 Å². The molecular weight excluding hydrogens is 390 g/mol. The number of amides is 1. The minimum atomic E-state index is -0.180. The van der Waals surface area contributed by atoms with Crippen molar-refractivity contribution in [2.24, 2.45) is 0 Å². The molecule has 0 spiro atoms. The molecular formula is C24H27N5O2. The van der Waals surface area contributed by atoms with Crippen LogP contribution in [0.4, 0.5) is 0 Å². The molecule has 0 aromatic carbocycles. The topological polar surface area (TPSA) is 91.0 Å². The van der Waals surface area contributed by atoms with Gasteiger partial charge in [0.25, 0.3) is 11.5 Å². The molecule has 2 N–H and O–H groups in total. The van der Waals surface area contributed by atoms with Gasteiger partial charge in [0.05, 0.1) is 11.0 Å². The van der Waals surface area contributed by atoms with Gasteiger partial charge < -0.3 is 10.3 Å². The lowest BCUT2D eigenvalue weighted by Gasteiger charge is -2.32. The van der Waals surface area contributed by atoms with Gasteiger partial charge in [-0.3, -0.25) is 24.5 Å². The summed E-state index contributed by atoms with van der Waals surface area (Å²) in [6, 6.07) is 7.81. The zero-order valence-electron chi connectivity index (χ0n) is 18.1. The number of hydrogen-bond donors (Lipinski definition) is 2. The maximum absolute atomic E-state index is 12.2. The standard InChI is InChI=1S/C24H27N5O2/c1-4-16-11-21-22(28-23(16)30)12-19(14-27-21)15(2)29-9-7-17(8-10-29)18-5-6-20(26-13-18)24(31)25-3/h5-7,11-15H,4,8-10H2,1-3H3,(H,25,31)(H,28,30). The first-order valence-electron chi connectivity index (χ1n) is 10.6. The van der Waals surface area contributed by atoms with Crippen LogP contribution in [0.3, 0.4) is 0 Å². The Hall–Kier alpha value is -3.32. The Morgan fingerprint density at radius 3 is 2.74 bits per heavy atom. The number of aromatic amines is 1. The second kappa shape index (κ2) is 8.81. The van der Waals surface area contributed by atoms with E-state index in [9.17, 15) is 9.59 Å². The molecule has 0 fully saturated rings. The molecule has 4 heterocycles. The molecule has 4 rings (SSSR count). The van der Waals surface area contributed by atoms with Gasteiger partial charge in [-0.05, 0) is 54.7 Å². The van der Waals surface area contributed by atoms with Gasteiger partial charge in [0.1, 0.15) is 5.69 Å². The number of H-pyrrole nitrogens is 1. The first-order valence-corrected chi connectivity index (χ1v) is 10.6. The zero-order valence-corrected chi connectivity index (χ0v) is 18.1. The minimum absolute atomic E-state index is 0.0387. The highest BCUT2D eigenvalue weighted by molar-refractivity contribution is 5.92. The largest absolute Gasteiger partial charge is 0.354 e. The van der Waals surface area contributed by atoms with Crippen molar-refractivity contribution >= 4 is 22.5 Å². The van der Waals surface area contributed by atoms with Crippen LogP contribution in [0.25, 0.3) is 16.6 Å². The second-order valence-electron chi connectivity index (χ2n) is 7.84. The summed E-state index contributed by atoms with van der Waals surface area (Å²) in [4.78, 5) is 38.0. The molecule has 3 aromatic rings. The van der Waals surface area contributed by atoms with Gasteiger partial charge in [0.15, 0.2) is 0 Å². The summed E-state index contributed by atoms with van der Waals surface area (Å²) >= 11 is 0. The third-order valence-corrected chi connectivity index (χ3v) is 6.04. The third-order valence-electron chi connectivity index (χ3n) is 6.04. The van der Waals surface area contributed by atoms with E-state index in [-0.39, 0.29) is 17.5 Å². The predicted molar refractivity (Wildman–Crippen MR) is 122 cm³/mol. The SMILES string of the molecule is CCc1cc2ncc(C(C)N3CC=C(c4ccc(C(=O)NC)nc4)CC3)cc2[nH]c1=O. The number of hydrogen-bond acceptors (Lipinski definition) is 5. The number of carbonyl (C=O) groups is 1. The Morgan fingerprint density at radius 1 is 1.26 bits per heavy atom. The number of nitrogens with one attached hydrogen (secondary N) is 2. The molecule has 7 nitrogen and oxygen atoms in total. The van der Waals surface area contributed by atoms with Crippen molar-refractivity contribution in [3.8, 4) is 0 Å². The number of carbonyl (C=O) groups excluding carboxylic acids is 1. The molecule has 0 aliphatic carbocycles. The molecule has 31 heavy (non-hydrogen) atoms. The number of nitrogens with zero attached hydrogens (tertiary/aromatic N) is 3. The minimum Gasteiger partial charge on any atom is -0.354 e. The Kier molecular flexibility index (Phi) is 5.95. The van der Waals surface area contributed by atoms with E-state index < -0.39 is 0 Å². The smallest absolute Gasteiger partial charge is 0.269 e. The van der Waals surface area contributed by atoms with Crippen LogP contribution >= 0.6 is 0 Å². The Labute approximate surface area is 181 Å². The summed E-state index contributed by atoms with van der Waals surface area (Å²) in [6.07, 6.45) is 7.50. The molecule has 160 valence electrons. The summed E-state index contributed by atoms with van der Waals surface area (Å²) in [6.45, 7) is 5.86. The third kappa shape index (κ3) is 4.27. The number of aromatic nitrogens is 3. The summed E-state index contributed by atoms with van der Waals surface area (Å²) in [7, 11) is 1.60. The summed E-state index contributed by atoms with van der Waals surface area (Å²) in [5.74, 6) is -0.180. The Bertz CT molecular complexity index is 1200. The van der Waals surface area contributed by atoms with Crippen molar-refractivity contribution in [3.63, 3.8) is 0 Å². The van der Waals surface area contributed by atoms with Gasteiger partial charge >= 0.3 is 0 Å². The van der Waals surface area contributed by atoms with Gasteiger partial charge in [-0.25, -0.2) is 0 Å². The van der Waals surface area contributed by atoms with E-state index in [2.05, 4.69) is 38.2 Å². The van der Waals surface area contributed by atoms with Crippen LogP contribution in [0.5, 0.6) is 0 Å². The van der Waals surface area contributed by atoms with E-state index in [1.54, 1.807) is 19.3 Å².